The molecule has 0 amide bonds. The van der Waals surface area contributed by atoms with Crippen molar-refractivity contribution in [3.63, 3.8) is 0 Å². The molecule has 2 aliphatic rings. The van der Waals surface area contributed by atoms with Gasteiger partial charge in [-0.2, -0.15) is 0 Å². The van der Waals surface area contributed by atoms with Crippen LogP contribution in [0.2, 0.25) is 0 Å². The van der Waals surface area contributed by atoms with Gasteiger partial charge in [0.15, 0.2) is 0 Å². The molecular weight excluding hydrogens is 232 g/mol. The summed E-state index contributed by atoms with van der Waals surface area (Å²) in [6.07, 6.45) is 6.89. The van der Waals surface area contributed by atoms with E-state index in [1.54, 1.807) is 0 Å². The van der Waals surface area contributed by atoms with Gasteiger partial charge in [-0.05, 0) is 48.7 Å². The molecular formula is C14H18O4-2. The first-order valence-electron chi connectivity index (χ1n) is 6.78. The number of aliphatic carboxylic acids is 2. The first-order chi connectivity index (χ1) is 8.61. The van der Waals surface area contributed by atoms with Gasteiger partial charge < -0.3 is 19.8 Å². The Labute approximate surface area is 107 Å². The molecule has 2 fully saturated rings. The summed E-state index contributed by atoms with van der Waals surface area (Å²) in [5.41, 5.74) is 0.0544. The number of carboxylic acid groups (broad SMARTS) is 2. The lowest BCUT2D eigenvalue weighted by Crippen LogP contribution is -2.36. The van der Waals surface area contributed by atoms with Gasteiger partial charge >= 0.3 is 0 Å². The van der Waals surface area contributed by atoms with Crippen molar-refractivity contribution in [1.82, 2.24) is 0 Å². The second kappa shape index (κ2) is 5.55. The maximum atomic E-state index is 11.3. The van der Waals surface area contributed by atoms with Crippen molar-refractivity contribution < 1.29 is 19.8 Å². The van der Waals surface area contributed by atoms with Gasteiger partial charge in [0.05, 0.1) is 11.9 Å². The van der Waals surface area contributed by atoms with Gasteiger partial charge in [-0.25, -0.2) is 0 Å². The third-order valence-electron chi connectivity index (χ3n) is 4.26. The van der Waals surface area contributed by atoms with Gasteiger partial charge in [0, 0.05) is 0 Å². The van der Waals surface area contributed by atoms with Crippen LogP contribution in [0.15, 0.2) is 11.1 Å². The second-order valence-corrected chi connectivity index (χ2v) is 5.37. The third-order valence-corrected chi connectivity index (χ3v) is 4.26. The smallest absolute Gasteiger partial charge is 0.0681 e. The largest absolute Gasteiger partial charge is 0.545 e. The Kier molecular flexibility index (Phi) is 4.04. The number of carbonyl (C=O) groups excluding carboxylic acids is 2. The van der Waals surface area contributed by atoms with E-state index >= 15 is 0 Å². The SMILES string of the molecule is O=C([O-])/C(=C(\C(=O)[O-])C1CCCC1)C1CCCC1. The lowest BCUT2D eigenvalue weighted by molar-refractivity contribution is -0.305. The van der Waals surface area contributed by atoms with Crippen molar-refractivity contribution in [2.24, 2.45) is 11.8 Å². The van der Waals surface area contributed by atoms with E-state index in [1.165, 1.54) is 0 Å². The number of hydrogen-bond donors (Lipinski definition) is 0. The van der Waals surface area contributed by atoms with Gasteiger partial charge in [-0.1, -0.05) is 25.7 Å². The molecule has 0 saturated heterocycles. The minimum Gasteiger partial charge on any atom is -0.545 e. The van der Waals surface area contributed by atoms with E-state index in [-0.39, 0.29) is 23.0 Å². The summed E-state index contributed by atoms with van der Waals surface area (Å²) < 4.78 is 0. The van der Waals surface area contributed by atoms with Gasteiger partial charge in [0.2, 0.25) is 0 Å². The predicted octanol–water partition coefficient (Wildman–Crippen LogP) is 0.163. The first kappa shape index (κ1) is 13.1. The fraction of sp³-hybridized carbons (Fsp3) is 0.714. The van der Waals surface area contributed by atoms with Crippen LogP contribution >= 0.6 is 0 Å². The van der Waals surface area contributed by atoms with E-state index in [4.69, 9.17) is 0 Å². The molecule has 0 bridgehead atoms. The average Bonchev–Trinajstić information content (AvgIpc) is 2.97. The first-order valence-corrected chi connectivity index (χ1v) is 6.78. The van der Waals surface area contributed by atoms with E-state index in [9.17, 15) is 19.8 Å². The Morgan fingerprint density at radius 2 is 0.944 bits per heavy atom. The summed E-state index contributed by atoms with van der Waals surface area (Å²) in [5.74, 6) is -2.92. The summed E-state index contributed by atoms with van der Waals surface area (Å²) in [7, 11) is 0. The van der Waals surface area contributed by atoms with Crippen LogP contribution in [0.4, 0.5) is 0 Å². The van der Waals surface area contributed by atoms with E-state index in [2.05, 4.69) is 0 Å². The Balaban J connectivity index is 2.38. The van der Waals surface area contributed by atoms with Crippen molar-refractivity contribution in [2.75, 3.05) is 0 Å². The minimum atomic E-state index is -1.31. The van der Waals surface area contributed by atoms with Crippen LogP contribution in [-0.4, -0.2) is 11.9 Å². The Hall–Kier alpha value is -1.32. The van der Waals surface area contributed by atoms with E-state index in [0.717, 1.165) is 51.4 Å². The zero-order chi connectivity index (χ0) is 13.1. The lowest BCUT2D eigenvalue weighted by Gasteiger charge is -2.25. The van der Waals surface area contributed by atoms with Gasteiger partial charge in [0.1, 0.15) is 0 Å². The molecule has 2 rings (SSSR count). The maximum absolute atomic E-state index is 11.3. The predicted molar refractivity (Wildman–Crippen MR) is 61.0 cm³/mol. The molecule has 0 unspecified atom stereocenters. The summed E-state index contributed by atoms with van der Waals surface area (Å²) in [6, 6.07) is 0. The van der Waals surface area contributed by atoms with Crippen LogP contribution in [-0.2, 0) is 9.59 Å². The highest BCUT2D eigenvalue weighted by atomic mass is 16.4. The normalized spacial score (nSPS) is 23.1. The van der Waals surface area contributed by atoms with Crippen molar-refractivity contribution in [3.8, 4) is 0 Å². The van der Waals surface area contributed by atoms with Crippen LogP contribution in [0.5, 0.6) is 0 Å². The second-order valence-electron chi connectivity index (χ2n) is 5.37. The summed E-state index contributed by atoms with van der Waals surface area (Å²) >= 11 is 0. The highest BCUT2D eigenvalue weighted by Crippen LogP contribution is 2.38. The highest BCUT2D eigenvalue weighted by Gasteiger charge is 2.29. The summed E-state index contributed by atoms with van der Waals surface area (Å²) in [6.45, 7) is 0. The van der Waals surface area contributed by atoms with E-state index < -0.39 is 11.9 Å². The lowest BCUT2D eigenvalue weighted by atomic mass is 9.85. The molecule has 0 spiro atoms. The molecule has 4 heteroatoms. The number of carboxylic acids is 2. The number of carbonyl (C=O) groups is 2. The molecule has 4 nitrogen and oxygen atoms in total. The van der Waals surface area contributed by atoms with Crippen molar-refractivity contribution in [1.29, 1.82) is 0 Å². The number of rotatable bonds is 4. The molecule has 2 aliphatic carbocycles. The van der Waals surface area contributed by atoms with Crippen LogP contribution in [0.25, 0.3) is 0 Å². The summed E-state index contributed by atoms with van der Waals surface area (Å²) in [5, 5.41) is 22.7. The monoisotopic (exact) mass is 250 g/mol. The van der Waals surface area contributed by atoms with Crippen LogP contribution in [0, 0.1) is 11.8 Å². The van der Waals surface area contributed by atoms with Gasteiger partial charge in [0.25, 0.3) is 0 Å². The van der Waals surface area contributed by atoms with Crippen molar-refractivity contribution in [2.45, 2.75) is 51.4 Å². The van der Waals surface area contributed by atoms with Crippen LogP contribution < -0.4 is 10.2 Å². The standard InChI is InChI=1S/C14H20O4/c15-13(16)11(9-5-1-2-6-9)12(14(17)18)10-7-3-4-8-10/h9-10H,1-8H2,(H,15,16)(H,17,18)/p-2/b12-11-. The molecule has 18 heavy (non-hydrogen) atoms. The van der Waals surface area contributed by atoms with Crippen molar-refractivity contribution >= 4 is 11.9 Å². The number of hydrogen-bond acceptors (Lipinski definition) is 4. The molecule has 0 aromatic heterocycles. The quantitative estimate of drug-likeness (QED) is 0.666. The van der Waals surface area contributed by atoms with Gasteiger partial charge in [-0.3, -0.25) is 0 Å². The molecule has 0 N–H and O–H groups in total. The zero-order valence-corrected chi connectivity index (χ0v) is 10.4. The topological polar surface area (TPSA) is 80.3 Å². The van der Waals surface area contributed by atoms with E-state index in [0.29, 0.717) is 0 Å². The summed E-state index contributed by atoms with van der Waals surface area (Å²) in [4.78, 5) is 22.7. The Bertz CT molecular complexity index is 335. The molecule has 2 saturated carbocycles. The average molecular weight is 250 g/mol. The Morgan fingerprint density at radius 3 is 1.17 bits per heavy atom. The van der Waals surface area contributed by atoms with Crippen LogP contribution in [0.3, 0.4) is 0 Å². The molecule has 100 valence electrons. The maximum Gasteiger partial charge on any atom is 0.0681 e. The molecule has 0 heterocycles. The van der Waals surface area contributed by atoms with Crippen molar-refractivity contribution in [3.05, 3.63) is 11.1 Å². The van der Waals surface area contributed by atoms with Gasteiger partial charge in [-0.15, -0.1) is 0 Å². The molecule has 0 aromatic carbocycles. The molecule has 0 radical (unpaired) electrons. The zero-order valence-electron chi connectivity index (χ0n) is 10.4. The molecule has 0 aliphatic heterocycles. The van der Waals surface area contributed by atoms with E-state index in [1.807, 2.05) is 0 Å². The minimum absolute atomic E-state index is 0.0272. The Morgan fingerprint density at radius 1 is 0.667 bits per heavy atom. The van der Waals surface area contributed by atoms with Crippen LogP contribution in [0.1, 0.15) is 51.4 Å². The highest BCUT2D eigenvalue weighted by molar-refractivity contribution is 5.98. The third kappa shape index (κ3) is 2.57. The fourth-order valence-corrected chi connectivity index (χ4v) is 3.42. The fourth-order valence-electron chi connectivity index (χ4n) is 3.42. The molecule has 0 aromatic rings. The molecule has 0 atom stereocenters.